The summed E-state index contributed by atoms with van der Waals surface area (Å²) in [6, 6.07) is 7.54. The number of nitrogens with zero attached hydrogens (tertiary/aromatic N) is 1. The van der Waals surface area contributed by atoms with E-state index >= 15 is 0 Å². The van der Waals surface area contributed by atoms with Crippen LogP contribution in [0.2, 0.25) is 0 Å². The van der Waals surface area contributed by atoms with Gasteiger partial charge in [-0.1, -0.05) is 44.6 Å². The molecule has 108 valence electrons. The van der Waals surface area contributed by atoms with Gasteiger partial charge in [0, 0.05) is 18.8 Å². The van der Waals surface area contributed by atoms with Gasteiger partial charge in [-0.15, -0.1) is 0 Å². The fourth-order valence-corrected chi connectivity index (χ4v) is 2.50. The third-order valence-corrected chi connectivity index (χ3v) is 3.86. The van der Waals surface area contributed by atoms with E-state index in [0.29, 0.717) is 6.42 Å². The first-order chi connectivity index (χ1) is 9.36. The standard InChI is InChI=1S/C17H24N2O/c1-17(2,3)14-8-10-19(11-9-14)16(20)12-13-4-6-15(18)7-5-13/h4-8H,9-12,18H2,1-3H3. The van der Waals surface area contributed by atoms with Crippen LogP contribution in [0.5, 0.6) is 0 Å². The summed E-state index contributed by atoms with van der Waals surface area (Å²) in [6.45, 7) is 8.25. The van der Waals surface area contributed by atoms with Crippen LogP contribution in [0.3, 0.4) is 0 Å². The summed E-state index contributed by atoms with van der Waals surface area (Å²) in [5.74, 6) is 0.194. The molecule has 1 aromatic carbocycles. The van der Waals surface area contributed by atoms with Crippen molar-refractivity contribution in [2.75, 3.05) is 18.8 Å². The zero-order valence-corrected chi connectivity index (χ0v) is 12.6. The summed E-state index contributed by atoms with van der Waals surface area (Å²) in [5, 5.41) is 0. The number of nitrogen functional groups attached to an aromatic ring is 1. The molecule has 3 heteroatoms. The Labute approximate surface area is 121 Å². The van der Waals surface area contributed by atoms with Crippen molar-refractivity contribution >= 4 is 11.6 Å². The highest BCUT2D eigenvalue weighted by atomic mass is 16.2. The molecule has 1 aliphatic rings. The number of hydrogen-bond acceptors (Lipinski definition) is 2. The van der Waals surface area contributed by atoms with Crippen LogP contribution < -0.4 is 5.73 Å². The molecule has 0 atom stereocenters. The van der Waals surface area contributed by atoms with Crippen LogP contribution in [0.4, 0.5) is 5.69 Å². The van der Waals surface area contributed by atoms with E-state index in [2.05, 4.69) is 26.8 Å². The van der Waals surface area contributed by atoms with Gasteiger partial charge in [-0.2, -0.15) is 0 Å². The lowest BCUT2D eigenvalue weighted by Gasteiger charge is -2.32. The highest BCUT2D eigenvalue weighted by molar-refractivity contribution is 5.79. The predicted molar refractivity (Wildman–Crippen MR) is 83.3 cm³/mol. The number of carbonyl (C=O) groups excluding carboxylic acids is 1. The summed E-state index contributed by atoms with van der Waals surface area (Å²) in [4.78, 5) is 14.2. The maximum absolute atomic E-state index is 12.3. The third-order valence-electron chi connectivity index (χ3n) is 3.86. The second kappa shape index (κ2) is 5.70. The molecule has 1 aromatic rings. The number of carbonyl (C=O) groups is 1. The minimum Gasteiger partial charge on any atom is -0.399 e. The van der Waals surface area contributed by atoms with Gasteiger partial charge in [0.05, 0.1) is 6.42 Å². The first-order valence-corrected chi connectivity index (χ1v) is 7.18. The number of hydrogen-bond donors (Lipinski definition) is 1. The summed E-state index contributed by atoms with van der Waals surface area (Å²) >= 11 is 0. The van der Waals surface area contributed by atoms with Crippen LogP contribution in [0.15, 0.2) is 35.9 Å². The van der Waals surface area contributed by atoms with Crippen LogP contribution in [0, 0.1) is 5.41 Å². The van der Waals surface area contributed by atoms with Crippen molar-refractivity contribution < 1.29 is 4.79 Å². The predicted octanol–water partition coefficient (Wildman–Crippen LogP) is 3.02. The Morgan fingerprint density at radius 2 is 1.90 bits per heavy atom. The number of nitrogens with two attached hydrogens (primary N) is 1. The lowest BCUT2D eigenvalue weighted by Crippen LogP contribution is -2.37. The molecule has 0 saturated carbocycles. The highest BCUT2D eigenvalue weighted by Crippen LogP contribution is 2.30. The molecule has 0 radical (unpaired) electrons. The van der Waals surface area contributed by atoms with E-state index in [1.54, 1.807) is 0 Å². The molecule has 3 nitrogen and oxygen atoms in total. The summed E-state index contributed by atoms with van der Waals surface area (Å²) in [7, 11) is 0. The Morgan fingerprint density at radius 3 is 2.40 bits per heavy atom. The Balaban J connectivity index is 1.95. The first kappa shape index (κ1) is 14.6. The molecule has 2 rings (SSSR count). The van der Waals surface area contributed by atoms with Crippen LogP contribution >= 0.6 is 0 Å². The fourth-order valence-electron chi connectivity index (χ4n) is 2.50. The van der Waals surface area contributed by atoms with Gasteiger partial charge in [0.2, 0.25) is 5.91 Å². The number of anilines is 1. The number of rotatable bonds is 2. The van der Waals surface area contributed by atoms with E-state index in [4.69, 9.17) is 5.73 Å². The minimum absolute atomic E-state index is 0.194. The largest absolute Gasteiger partial charge is 0.399 e. The third kappa shape index (κ3) is 3.62. The van der Waals surface area contributed by atoms with Crippen molar-refractivity contribution in [1.29, 1.82) is 0 Å². The van der Waals surface area contributed by atoms with Gasteiger partial charge in [0.1, 0.15) is 0 Å². The van der Waals surface area contributed by atoms with Gasteiger partial charge in [-0.3, -0.25) is 4.79 Å². The lowest BCUT2D eigenvalue weighted by molar-refractivity contribution is -0.130. The van der Waals surface area contributed by atoms with Gasteiger partial charge < -0.3 is 10.6 Å². The highest BCUT2D eigenvalue weighted by Gasteiger charge is 2.23. The van der Waals surface area contributed by atoms with E-state index in [0.717, 1.165) is 30.8 Å². The quantitative estimate of drug-likeness (QED) is 0.664. The molecule has 0 aromatic heterocycles. The molecule has 0 aliphatic carbocycles. The van der Waals surface area contributed by atoms with Crippen LogP contribution in [-0.4, -0.2) is 23.9 Å². The summed E-state index contributed by atoms with van der Waals surface area (Å²) in [6.07, 6.45) is 3.65. The van der Waals surface area contributed by atoms with Gasteiger partial charge in [0.25, 0.3) is 0 Å². The average Bonchev–Trinajstić information content (AvgIpc) is 2.40. The van der Waals surface area contributed by atoms with Gasteiger partial charge in [-0.05, 0) is 29.5 Å². The zero-order chi connectivity index (χ0) is 14.8. The van der Waals surface area contributed by atoms with E-state index in [1.165, 1.54) is 5.57 Å². The zero-order valence-electron chi connectivity index (χ0n) is 12.6. The lowest BCUT2D eigenvalue weighted by atomic mass is 9.83. The molecule has 1 aliphatic heterocycles. The molecule has 20 heavy (non-hydrogen) atoms. The Morgan fingerprint density at radius 1 is 1.25 bits per heavy atom. The van der Waals surface area contributed by atoms with Crippen molar-refractivity contribution in [3.63, 3.8) is 0 Å². The van der Waals surface area contributed by atoms with Crippen LogP contribution in [-0.2, 0) is 11.2 Å². The molecule has 1 heterocycles. The van der Waals surface area contributed by atoms with Gasteiger partial charge >= 0.3 is 0 Å². The molecule has 2 N–H and O–H groups in total. The molecule has 0 spiro atoms. The van der Waals surface area contributed by atoms with Crippen molar-refractivity contribution in [2.45, 2.75) is 33.6 Å². The fraction of sp³-hybridized carbons (Fsp3) is 0.471. The van der Waals surface area contributed by atoms with E-state index in [9.17, 15) is 4.79 Å². The second-order valence-corrected chi connectivity index (χ2v) is 6.49. The number of benzene rings is 1. The monoisotopic (exact) mass is 272 g/mol. The smallest absolute Gasteiger partial charge is 0.227 e. The Bertz CT molecular complexity index is 509. The molecule has 0 unspecified atom stereocenters. The normalized spacial score (nSPS) is 15.9. The molecular weight excluding hydrogens is 248 g/mol. The molecule has 0 saturated heterocycles. The van der Waals surface area contributed by atoms with Crippen LogP contribution in [0.1, 0.15) is 32.8 Å². The van der Waals surface area contributed by atoms with E-state index < -0.39 is 0 Å². The van der Waals surface area contributed by atoms with E-state index in [1.807, 2.05) is 29.2 Å². The average molecular weight is 272 g/mol. The van der Waals surface area contributed by atoms with Gasteiger partial charge in [0.15, 0.2) is 0 Å². The molecule has 0 bridgehead atoms. The van der Waals surface area contributed by atoms with Crippen molar-refractivity contribution in [1.82, 2.24) is 4.90 Å². The Kier molecular flexibility index (Phi) is 4.17. The topological polar surface area (TPSA) is 46.3 Å². The van der Waals surface area contributed by atoms with Crippen molar-refractivity contribution in [3.05, 3.63) is 41.5 Å². The van der Waals surface area contributed by atoms with Crippen LogP contribution in [0.25, 0.3) is 0 Å². The minimum atomic E-state index is 0.194. The molecular formula is C17H24N2O. The maximum atomic E-state index is 12.3. The van der Waals surface area contributed by atoms with Crippen molar-refractivity contribution in [3.8, 4) is 0 Å². The SMILES string of the molecule is CC(C)(C)C1=CCN(C(=O)Cc2ccc(N)cc2)CC1. The van der Waals surface area contributed by atoms with E-state index in [-0.39, 0.29) is 11.3 Å². The Hall–Kier alpha value is -1.77. The summed E-state index contributed by atoms with van der Waals surface area (Å²) in [5.41, 5.74) is 9.08. The number of amides is 1. The molecule has 0 fully saturated rings. The maximum Gasteiger partial charge on any atom is 0.227 e. The second-order valence-electron chi connectivity index (χ2n) is 6.49. The molecule has 1 amide bonds. The summed E-state index contributed by atoms with van der Waals surface area (Å²) < 4.78 is 0. The van der Waals surface area contributed by atoms with Crippen molar-refractivity contribution in [2.24, 2.45) is 5.41 Å². The van der Waals surface area contributed by atoms with Gasteiger partial charge in [-0.25, -0.2) is 0 Å². The first-order valence-electron chi connectivity index (χ1n) is 7.18.